The van der Waals surface area contributed by atoms with Gasteiger partial charge in [-0.1, -0.05) is 24.2 Å². The molecule has 2 bridgehead atoms. The molecule has 234 valence electrons. The lowest BCUT2D eigenvalue weighted by molar-refractivity contribution is -0.121. The molecule has 2 aromatic rings. The summed E-state index contributed by atoms with van der Waals surface area (Å²) in [4.78, 5) is 19.9. The van der Waals surface area contributed by atoms with Crippen LogP contribution in [0.4, 0.5) is 5.13 Å². The maximum atomic E-state index is 12.5. The van der Waals surface area contributed by atoms with Crippen LogP contribution >= 0.6 is 11.3 Å². The summed E-state index contributed by atoms with van der Waals surface area (Å²) < 4.78 is 33.3. The van der Waals surface area contributed by atoms with Gasteiger partial charge < -0.3 is 33.3 Å². The number of hydrogen-bond donors (Lipinski definition) is 1. The normalized spacial score (nSPS) is 23.6. The van der Waals surface area contributed by atoms with Crippen LogP contribution in [0.1, 0.15) is 43.2 Å². The molecule has 1 saturated heterocycles. The van der Waals surface area contributed by atoms with Gasteiger partial charge in [-0.15, -0.1) is 0 Å². The Morgan fingerprint density at radius 1 is 0.952 bits per heavy atom. The molecule has 1 aliphatic heterocycles. The summed E-state index contributed by atoms with van der Waals surface area (Å²) in [5.74, 6) is 0.554. The predicted octanol–water partition coefficient (Wildman–Crippen LogP) is 3.65. The minimum absolute atomic E-state index is 0.0301. The number of likely N-dealkylation sites (tertiary alicyclic amines) is 1. The van der Waals surface area contributed by atoms with Gasteiger partial charge in [-0.05, 0) is 68.5 Å². The van der Waals surface area contributed by atoms with E-state index in [4.69, 9.17) is 33.4 Å². The number of carbonyl (C=O) groups is 1. The van der Waals surface area contributed by atoms with Crippen molar-refractivity contribution in [1.29, 1.82) is 0 Å². The molecule has 5 rings (SSSR count). The van der Waals surface area contributed by atoms with E-state index < -0.39 is 0 Å². The third-order valence-electron chi connectivity index (χ3n) is 9.02. The second-order valence-corrected chi connectivity index (χ2v) is 12.6. The third kappa shape index (κ3) is 7.87. The Balaban J connectivity index is 0.976. The average molecular weight is 606 g/mol. The first-order valence-corrected chi connectivity index (χ1v) is 16.2. The summed E-state index contributed by atoms with van der Waals surface area (Å²) in [5.41, 5.74) is 4.33. The van der Waals surface area contributed by atoms with E-state index in [0.29, 0.717) is 82.7 Å². The van der Waals surface area contributed by atoms with Gasteiger partial charge in [0.15, 0.2) is 5.13 Å². The number of hydrogen-bond acceptors (Lipinski definition) is 10. The van der Waals surface area contributed by atoms with Crippen molar-refractivity contribution in [2.45, 2.75) is 50.0 Å². The number of rotatable bonds is 18. The van der Waals surface area contributed by atoms with Gasteiger partial charge in [-0.25, -0.2) is 4.98 Å². The summed E-state index contributed by atoms with van der Waals surface area (Å²) in [6.07, 6.45) is 7.68. The highest BCUT2D eigenvalue weighted by Gasteiger charge is 2.53. The van der Waals surface area contributed by atoms with Gasteiger partial charge in [0.1, 0.15) is 6.61 Å². The minimum atomic E-state index is -0.199. The van der Waals surface area contributed by atoms with Crippen LogP contribution in [0.15, 0.2) is 12.1 Å². The molecule has 1 aromatic heterocycles. The lowest BCUT2D eigenvalue weighted by Crippen LogP contribution is -2.59. The summed E-state index contributed by atoms with van der Waals surface area (Å²) >= 11 is 1.55. The van der Waals surface area contributed by atoms with E-state index in [9.17, 15) is 4.79 Å². The van der Waals surface area contributed by atoms with Crippen molar-refractivity contribution in [3.05, 3.63) is 23.3 Å². The summed E-state index contributed by atoms with van der Waals surface area (Å²) in [6, 6.07) is 5.34. The first-order chi connectivity index (χ1) is 20.6. The molecule has 2 fully saturated rings. The standard InChI is InChI=1S/C31H47N3O7S/c1-34-8-7-31-6-4-3-5-24(31)27(34)19-23-20-28-26(21-25(23)31)32-30(42-28)33-29(35)22-41-18-17-40-16-15-39-14-13-38-12-11-37-10-9-36-2/h20-21,24,27H,3-19,22H2,1-2H3,(H,32,33,35)/t24-,27+,31+/m0/s1. The number of anilines is 1. The number of amides is 1. The van der Waals surface area contributed by atoms with Crippen molar-refractivity contribution in [3.8, 4) is 0 Å². The van der Waals surface area contributed by atoms with Crippen molar-refractivity contribution in [1.82, 2.24) is 9.88 Å². The van der Waals surface area contributed by atoms with Crippen LogP contribution in [-0.4, -0.2) is 115 Å². The molecule has 0 radical (unpaired) electrons. The van der Waals surface area contributed by atoms with Crippen molar-refractivity contribution in [2.24, 2.45) is 5.92 Å². The van der Waals surface area contributed by atoms with E-state index in [1.807, 2.05) is 0 Å². The van der Waals surface area contributed by atoms with Gasteiger partial charge in [0, 0.05) is 18.6 Å². The number of carbonyl (C=O) groups excluding carboxylic acids is 1. The van der Waals surface area contributed by atoms with E-state index in [2.05, 4.69) is 29.4 Å². The van der Waals surface area contributed by atoms with Crippen molar-refractivity contribution < 1.29 is 33.2 Å². The van der Waals surface area contributed by atoms with Crippen molar-refractivity contribution in [2.75, 3.05) is 98.7 Å². The molecule has 0 unspecified atom stereocenters. The number of fused-ring (bicyclic) bond motifs is 2. The zero-order chi connectivity index (χ0) is 29.2. The first kappa shape index (κ1) is 31.7. The Bertz CT molecular complexity index is 1150. The number of piperidine rings is 1. The molecule has 1 amide bonds. The molecule has 1 N–H and O–H groups in total. The lowest BCUT2D eigenvalue weighted by atomic mass is 9.52. The highest BCUT2D eigenvalue weighted by molar-refractivity contribution is 7.22. The average Bonchev–Trinajstić information content (AvgIpc) is 3.38. The zero-order valence-corrected chi connectivity index (χ0v) is 26.0. The van der Waals surface area contributed by atoms with E-state index in [1.165, 1.54) is 49.8 Å². The molecule has 0 spiro atoms. The van der Waals surface area contributed by atoms with Crippen LogP contribution in [0.25, 0.3) is 10.2 Å². The highest BCUT2D eigenvalue weighted by atomic mass is 32.1. The SMILES string of the molecule is COCCOCCOCCOCCOCCOCC(=O)Nc1nc2cc3c(cc2s1)C[C@@H]1[C@@H]2CCCC[C@]32CCN1C. The van der Waals surface area contributed by atoms with Crippen molar-refractivity contribution in [3.63, 3.8) is 0 Å². The first-order valence-electron chi connectivity index (χ1n) is 15.4. The fourth-order valence-electron chi connectivity index (χ4n) is 7.02. The summed E-state index contributed by atoms with van der Waals surface area (Å²) in [6.45, 7) is 6.10. The lowest BCUT2D eigenvalue weighted by Gasteiger charge is -2.58. The second-order valence-electron chi connectivity index (χ2n) is 11.5. The summed E-state index contributed by atoms with van der Waals surface area (Å²) in [7, 11) is 3.95. The molecule has 3 atom stereocenters. The van der Waals surface area contributed by atoms with Gasteiger partial charge in [-0.3, -0.25) is 10.1 Å². The smallest absolute Gasteiger partial charge is 0.252 e. The molecule has 1 saturated carbocycles. The number of ether oxygens (including phenoxy) is 6. The van der Waals surface area contributed by atoms with Gasteiger partial charge in [-0.2, -0.15) is 0 Å². The number of aromatic nitrogens is 1. The molecule has 42 heavy (non-hydrogen) atoms. The molecule has 1 aromatic carbocycles. The fourth-order valence-corrected chi connectivity index (χ4v) is 7.95. The Kier molecular flexibility index (Phi) is 12.0. The largest absolute Gasteiger partial charge is 0.382 e. The van der Waals surface area contributed by atoms with E-state index in [0.717, 1.165) is 22.6 Å². The van der Waals surface area contributed by atoms with Crippen LogP contribution in [0, 0.1) is 5.92 Å². The molecule has 10 nitrogen and oxygen atoms in total. The Hall–Kier alpha value is -1.70. The Labute approximate surface area is 253 Å². The molecule has 3 aliphatic rings. The van der Waals surface area contributed by atoms with Crippen LogP contribution in [0.3, 0.4) is 0 Å². The van der Waals surface area contributed by atoms with Crippen LogP contribution < -0.4 is 5.32 Å². The monoisotopic (exact) mass is 605 g/mol. The number of methoxy groups -OCH3 is 1. The number of thiazole rings is 1. The van der Waals surface area contributed by atoms with Gasteiger partial charge in [0.25, 0.3) is 5.91 Å². The topological polar surface area (TPSA) is 101 Å². The van der Waals surface area contributed by atoms with Crippen LogP contribution in [0.5, 0.6) is 0 Å². The van der Waals surface area contributed by atoms with Crippen LogP contribution in [0.2, 0.25) is 0 Å². The van der Waals surface area contributed by atoms with E-state index in [1.54, 1.807) is 18.4 Å². The second kappa shape index (κ2) is 15.9. The van der Waals surface area contributed by atoms with Crippen LogP contribution in [-0.2, 0) is 45.1 Å². The molecule has 2 heterocycles. The quantitative estimate of drug-likeness (QED) is 0.255. The molecule has 11 heteroatoms. The third-order valence-corrected chi connectivity index (χ3v) is 9.95. The highest BCUT2D eigenvalue weighted by Crippen LogP contribution is 2.56. The molecule has 2 aliphatic carbocycles. The number of likely N-dealkylation sites (N-methyl/N-ethyl adjacent to an activating group) is 1. The summed E-state index contributed by atoms with van der Waals surface area (Å²) in [5, 5.41) is 3.57. The van der Waals surface area contributed by atoms with Gasteiger partial charge in [0.05, 0.1) is 76.3 Å². The van der Waals surface area contributed by atoms with Crippen molar-refractivity contribution >= 4 is 32.6 Å². The number of nitrogens with one attached hydrogen (secondary N) is 1. The number of nitrogens with zero attached hydrogens (tertiary/aromatic N) is 2. The van der Waals surface area contributed by atoms with Gasteiger partial charge >= 0.3 is 0 Å². The Morgan fingerprint density at radius 2 is 1.62 bits per heavy atom. The maximum Gasteiger partial charge on any atom is 0.252 e. The number of benzene rings is 1. The molecular formula is C31H47N3O7S. The maximum absolute atomic E-state index is 12.5. The predicted molar refractivity (Wildman–Crippen MR) is 163 cm³/mol. The minimum Gasteiger partial charge on any atom is -0.382 e. The Morgan fingerprint density at radius 3 is 2.31 bits per heavy atom. The zero-order valence-electron chi connectivity index (χ0n) is 25.2. The van der Waals surface area contributed by atoms with E-state index >= 15 is 0 Å². The van der Waals surface area contributed by atoms with E-state index in [-0.39, 0.29) is 12.5 Å². The van der Waals surface area contributed by atoms with Gasteiger partial charge in [0.2, 0.25) is 0 Å². The fraction of sp³-hybridized carbons (Fsp3) is 0.742. The molecular weight excluding hydrogens is 558 g/mol.